The number of amides is 2. The summed E-state index contributed by atoms with van der Waals surface area (Å²) in [6, 6.07) is 15.4. The lowest BCUT2D eigenvalue weighted by Crippen LogP contribution is -2.50. The summed E-state index contributed by atoms with van der Waals surface area (Å²) in [5, 5.41) is 6.19. The molecule has 32 heavy (non-hydrogen) atoms. The maximum atomic E-state index is 12.6. The minimum atomic E-state index is -0.240. The van der Waals surface area contributed by atoms with Crippen molar-refractivity contribution in [1.29, 1.82) is 0 Å². The van der Waals surface area contributed by atoms with Crippen LogP contribution in [0.15, 0.2) is 48.5 Å². The molecule has 0 spiro atoms. The molecule has 1 heterocycles. The molecule has 3 rings (SSSR count). The van der Waals surface area contributed by atoms with E-state index < -0.39 is 0 Å². The fraction of sp³-hybridized carbons (Fsp3) is 0.400. The number of piperazine rings is 1. The summed E-state index contributed by atoms with van der Waals surface area (Å²) in [7, 11) is 0. The lowest BCUT2D eigenvalue weighted by Gasteiger charge is -2.37. The largest absolute Gasteiger partial charge is 0.366 e. The van der Waals surface area contributed by atoms with Crippen LogP contribution in [0, 0.1) is 5.92 Å². The van der Waals surface area contributed by atoms with Gasteiger partial charge in [0.25, 0.3) is 5.91 Å². The Morgan fingerprint density at radius 1 is 0.906 bits per heavy atom. The zero-order valence-electron chi connectivity index (χ0n) is 19.2. The molecule has 2 aromatic rings. The molecule has 0 aromatic heterocycles. The summed E-state index contributed by atoms with van der Waals surface area (Å²) in [4.78, 5) is 29.0. The fourth-order valence-electron chi connectivity index (χ4n) is 3.74. The quantitative estimate of drug-likeness (QED) is 0.665. The van der Waals surface area contributed by atoms with Crippen molar-refractivity contribution in [1.82, 2.24) is 10.2 Å². The van der Waals surface area contributed by atoms with E-state index in [4.69, 9.17) is 12.2 Å². The summed E-state index contributed by atoms with van der Waals surface area (Å²) in [5.74, 6) is 0.382. The van der Waals surface area contributed by atoms with E-state index in [1.807, 2.05) is 67.3 Å². The van der Waals surface area contributed by atoms with Crippen molar-refractivity contribution < 1.29 is 9.59 Å². The standard InChI is InChI=1S/C25H32N4O2S/c1-17(2)19-9-11-20(12-10-19)23(30)27-25(32)26-21-7-5-6-8-22(21)28-13-15-29(16-14-28)24(31)18(3)4/h5-12,17-18H,13-16H2,1-4H3,(H2,26,27,30,32). The Morgan fingerprint density at radius 3 is 2.12 bits per heavy atom. The van der Waals surface area contributed by atoms with Gasteiger partial charge in [0.05, 0.1) is 11.4 Å². The van der Waals surface area contributed by atoms with Gasteiger partial charge in [-0.05, 0) is 48.0 Å². The van der Waals surface area contributed by atoms with Crippen LogP contribution in [0.5, 0.6) is 0 Å². The Hall–Kier alpha value is -2.93. The van der Waals surface area contributed by atoms with Gasteiger partial charge in [-0.2, -0.15) is 0 Å². The summed E-state index contributed by atoms with van der Waals surface area (Å²) < 4.78 is 0. The summed E-state index contributed by atoms with van der Waals surface area (Å²) >= 11 is 5.41. The summed E-state index contributed by atoms with van der Waals surface area (Å²) in [5.41, 5.74) is 3.59. The highest BCUT2D eigenvalue weighted by Gasteiger charge is 2.24. The van der Waals surface area contributed by atoms with E-state index in [2.05, 4.69) is 29.4 Å². The molecule has 2 aromatic carbocycles. The second-order valence-electron chi connectivity index (χ2n) is 8.67. The van der Waals surface area contributed by atoms with E-state index in [0.29, 0.717) is 24.6 Å². The van der Waals surface area contributed by atoms with E-state index in [9.17, 15) is 9.59 Å². The number of nitrogens with one attached hydrogen (secondary N) is 2. The van der Waals surface area contributed by atoms with Crippen LogP contribution < -0.4 is 15.5 Å². The third-order valence-electron chi connectivity index (χ3n) is 5.64. The molecule has 1 saturated heterocycles. The average Bonchev–Trinajstić information content (AvgIpc) is 2.79. The van der Waals surface area contributed by atoms with Gasteiger partial charge in [0.2, 0.25) is 5.91 Å². The van der Waals surface area contributed by atoms with Crippen molar-refractivity contribution in [3.05, 3.63) is 59.7 Å². The second-order valence-corrected chi connectivity index (χ2v) is 9.08. The van der Waals surface area contributed by atoms with Gasteiger partial charge in [-0.15, -0.1) is 0 Å². The number of rotatable bonds is 5. The normalized spacial score (nSPS) is 13.9. The molecule has 2 N–H and O–H groups in total. The van der Waals surface area contributed by atoms with Crippen molar-refractivity contribution in [2.75, 3.05) is 36.4 Å². The van der Waals surface area contributed by atoms with Crippen molar-refractivity contribution >= 4 is 40.5 Å². The van der Waals surface area contributed by atoms with E-state index in [1.165, 1.54) is 5.56 Å². The number of thiocarbonyl (C=S) groups is 1. The predicted molar refractivity (Wildman–Crippen MR) is 134 cm³/mol. The van der Waals surface area contributed by atoms with Gasteiger partial charge in [0, 0.05) is 37.7 Å². The molecule has 2 amide bonds. The molecule has 0 atom stereocenters. The van der Waals surface area contributed by atoms with Crippen LogP contribution in [0.4, 0.5) is 11.4 Å². The van der Waals surface area contributed by atoms with Gasteiger partial charge in [-0.25, -0.2) is 0 Å². The maximum absolute atomic E-state index is 12.6. The average molecular weight is 453 g/mol. The van der Waals surface area contributed by atoms with Gasteiger partial charge in [0.1, 0.15) is 0 Å². The SMILES string of the molecule is CC(C)C(=O)N1CCN(c2ccccc2NC(=S)NC(=O)c2ccc(C(C)C)cc2)CC1. The maximum Gasteiger partial charge on any atom is 0.257 e. The van der Waals surface area contributed by atoms with E-state index >= 15 is 0 Å². The molecule has 0 radical (unpaired) electrons. The number of nitrogens with zero attached hydrogens (tertiary/aromatic N) is 2. The molecule has 7 heteroatoms. The number of carbonyl (C=O) groups is 2. The molecular formula is C25H32N4O2S. The predicted octanol–water partition coefficient (Wildman–Crippen LogP) is 4.24. The summed E-state index contributed by atoms with van der Waals surface area (Å²) in [6.07, 6.45) is 0. The van der Waals surface area contributed by atoms with Crippen molar-refractivity contribution in [3.63, 3.8) is 0 Å². The first kappa shape index (κ1) is 23.7. The van der Waals surface area contributed by atoms with Crippen LogP contribution in [0.3, 0.4) is 0 Å². The first-order valence-corrected chi connectivity index (χ1v) is 11.5. The molecule has 1 aliphatic heterocycles. The van der Waals surface area contributed by atoms with Gasteiger partial charge in [-0.3, -0.25) is 14.9 Å². The van der Waals surface area contributed by atoms with Crippen molar-refractivity contribution in [2.45, 2.75) is 33.6 Å². The molecule has 1 aliphatic rings. The van der Waals surface area contributed by atoms with E-state index in [1.54, 1.807) is 0 Å². The van der Waals surface area contributed by atoms with Crippen molar-refractivity contribution in [2.24, 2.45) is 5.92 Å². The molecular weight excluding hydrogens is 420 g/mol. The number of para-hydroxylation sites is 2. The number of hydrogen-bond donors (Lipinski definition) is 2. The van der Waals surface area contributed by atoms with Crippen LogP contribution in [-0.2, 0) is 4.79 Å². The Bertz CT molecular complexity index is 964. The lowest BCUT2D eigenvalue weighted by molar-refractivity contribution is -0.134. The Labute approximate surface area is 196 Å². The number of hydrogen-bond acceptors (Lipinski definition) is 4. The first-order chi connectivity index (χ1) is 15.3. The molecule has 6 nitrogen and oxygen atoms in total. The molecule has 1 fully saturated rings. The zero-order valence-corrected chi connectivity index (χ0v) is 20.0. The van der Waals surface area contributed by atoms with Crippen LogP contribution in [0.25, 0.3) is 0 Å². The third kappa shape index (κ3) is 5.85. The fourth-order valence-corrected chi connectivity index (χ4v) is 3.94. The Kier molecular flexibility index (Phi) is 7.85. The zero-order chi connectivity index (χ0) is 23.3. The minimum Gasteiger partial charge on any atom is -0.366 e. The third-order valence-corrected chi connectivity index (χ3v) is 5.85. The first-order valence-electron chi connectivity index (χ1n) is 11.1. The van der Waals surface area contributed by atoms with Gasteiger partial charge in [-0.1, -0.05) is 52.0 Å². The number of anilines is 2. The number of benzene rings is 2. The van der Waals surface area contributed by atoms with Crippen LogP contribution in [0.1, 0.15) is 49.5 Å². The van der Waals surface area contributed by atoms with Crippen LogP contribution >= 0.6 is 12.2 Å². The number of carbonyl (C=O) groups excluding carboxylic acids is 2. The lowest BCUT2D eigenvalue weighted by atomic mass is 10.0. The van der Waals surface area contributed by atoms with Gasteiger partial charge in [0.15, 0.2) is 5.11 Å². The molecule has 0 aliphatic carbocycles. The second kappa shape index (κ2) is 10.6. The Balaban J connectivity index is 1.62. The molecule has 0 saturated carbocycles. The smallest absolute Gasteiger partial charge is 0.257 e. The highest BCUT2D eigenvalue weighted by atomic mass is 32.1. The minimum absolute atomic E-state index is 0.0121. The summed E-state index contributed by atoms with van der Waals surface area (Å²) in [6.45, 7) is 11.0. The van der Waals surface area contributed by atoms with E-state index in [0.717, 1.165) is 24.5 Å². The highest BCUT2D eigenvalue weighted by molar-refractivity contribution is 7.80. The molecule has 0 bridgehead atoms. The van der Waals surface area contributed by atoms with Gasteiger partial charge >= 0.3 is 0 Å². The van der Waals surface area contributed by atoms with Crippen LogP contribution in [-0.4, -0.2) is 48.0 Å². The highest BCUT2D eigenvalue weighted by Crippen LogP contribution is 2.27. The topological polar surface area (TPSA) is 64.7 Å². The molecule has 170 valence electrons. The van der Waals surface area contributed by atoms with E-state index in [-0.39, 0.29) is 22.8 Å². The van der Waals surface area contributed by atoms with Crippen LogP contribution in [0.2, 0.25) is 0 Å². The van der Waals surface area contributed by atoms with Gasteiger partial charge < -0.3 is 15.1 Å². The van der Waals surface area contributed by atoms with Crippen molar-refractivity contribution in [3.8, 4) is 0 Å². The molecule has 0 unspecified atom stereocenters. The Morgan fingerprint density at radius 2 is 1.53 bits per heavy atom. The monoisotopic (exact) mass is 452 g/mol.